The van der Waals surface area contributed by atoms with Crippen molar-refractivity contribution in [2.75, 3.05) is 19.8 Å². The zero-order valence-corrected chi connectivity index (χ0v) is 14.8. The van der Waals surface area contributed by atoms with E-state index in [0.717, 1.165) is 5.56 Å². The zero-order chi connectivity index (χ0) is 17.9. The number of hydrogen-bond donors (Lipinski definition) is 2. The lowest BCUT2D eigenvalue weighted by Gasteiger charge is -2.37. The van der Waals surface area contributed by atoms with Gasteiger partial charge >= 0.3 is 6.03 Å². The SMILES string of the molecule is Cc1cc([C@H](C)NC(=O)N2CCOC[C@H]2C[C@@H](C)O)cc(C)c1F. The van der Waals surface area contributed by atoms with Crippen molar-refractivity contribution in [1.29, 1.82) is 0 Å². The molecule has 0 saturated carbocycles. The molecule has 2 amide bonds. The van der Waals surface area contributed by atoms with E-state index in [1.807, 2.05) is 6.92 Å². The van der Waals surface area contributed by atoms with Gasteiger partial charge in [0.25, 0.3) is 0 Å². The Morgan fingerprint density at radius 2 is 2.04 bits per heavy atom. The van der Waals surface area contributed by atoms with E-state index in [1.165, 1.54) is 0 Å². The lowest BCUT2D eigenvalue weighted by Crippen LogP contribution is -2.53. The van der Waals surface area contributed by atoms with Crippen LogP contribution in [0.15, 0.2) is 12.1 Å². The molecule has 24 heavy (non-hydrogen) atoms. The highest BCUT2D eigenvalue weighted by Crippen LogP contribution is 2.21. The summed E-state index contributed by atoms with van der Waals surface area (Å²) in [6.07, 6.45) is -0.0110. The predicted molar refractivity (Wildman–Crippen MR) is 90.4 cm³/mol. The number of carbonyl (C=O) groups is 1. The summed E-state index contributed by atoms with van der Waals surface area (Å²) in [5.41, 5.74) is 2.02. The van der Waals surface area contributed by atoms with E-state index in [2.05, 4.69) is 5.32 Å². The molecule has 0 aliphatic carbocycles. The van der Waals surface area contributed by atoms with Crippen LogP contribution in [0.2, 0.25) is 0 Å². The van der Waals surface area contributed by atoms with Gasteiger partial charge in [-0.1, -0.05) is 12.1 Å². The Morgan fingerprint density at radius 3 is 2.62 bits per heavy atom. The van der Waals surface area contributed by atoms with Gasteiger partial charge in [-0.2, -0.15) is 0 Å². The quantitative estimate of drug-likeness (QED) is 0.887. The molecule has 3 atom stereocenters. The maximum atomic E-state index is 13.8. The number of aliphatic hydroxyl groups excluding tert-OH is 1. The van der Waals surface area contributed by atoms with Crippen LogP contribution in [0.3, 0.4) is 0 Å². The number of ether oxygens (including phenoxy) is 1. The largest absolute Gasteiger partial charge is 0.393 e. The van der Waals surface area contributed by atoms with Gasteiger partial charge in [0.2, 0.25) is 0 Å². The van der Waals surface area contributed by atoms with Crippen molar-refractivity contribution < 1.29 is 19.0 Å². The number of rotatable bonds is 4. The van der Waals surface area contributed by atoms with Crippen molar-refractivity contribution in [3.05, 3.63) is 34.6 Å². The molecule has 5 nitrogen and oxygen atoms in total. The molecule has 0 bridgehead atoms. The summed E-state index contributed by atoms with van der Waals surface area (Å²) in [6.45, 7) is 8.46. The number of aliphatic hydroxyl groups is 1. The monoisotopic (exact) mass is 338 g/mol. The third-order valence-corrected chi connectivity index (χ3v) is 4.40. The van der Waals surface area contributed by atoms with E-state index in [-0.39, 0.29) is 23.9 Å². The molecule has 0 aromatic heterocycles. The summed E-state index contributed by atoms with van der Waals surface area (Å²) in [5.74, 6) is -0.206. The van der Waals surface area contributed by atoms with Crippen LogP contribution in [0.4, 0.5) is 9.18 Å². The van der Waals surface area contributed by atoms with Gasteiger partial charge in [0, 0.05) is 6.54 Å². The van der Waals surface area contributed by atoms with E-state index >= 15 is 0 Å². The van der Waals surface area contributed by atoms with Gasteiger partial charge in [-0.05, 0) is 50.8 Å². The molecule has 1 heterocycles. The van der Waals surface area contributed by atoms with Gasteiger partial charge in [-0.15, -0.1) is 0 Å². The highest BCUT2D eigenvalue weighted by atomic mass is 19.1. The second-order valence-corrected chi connectivity index (χ2v) is 6.65. The molecule has 1 aliphatic rings. The molecule has 134 valence electrons. The molecule has 0 radical (unpaired) electrons. The van der Waals surface area contributed by atoms with E-state index in [9.17, 15) is 14.3 Å². The van der Waals surface area contributed by atoms with Crippen molar-refractivity contribution in [3.63, 3.8) is 0 Å². The summed E-state index contributed by atoms with van der Waals surface area (Å²) < 4.78 is 19.2. The molecule has 1 fully saturated rings. The lowest BCUT2D eigenvalue weighted by molar-refractivity contribution is -0.00474. The number of morpholine rings is 1. The number of carbonyl (C=O) groups excluding carboxylic acids is 1. The van der Waals surface area contributed by atoms with Crippen molar-refractivity contribution >= 4 is 6.03 Å². The first-order chi connectivity index (χ1) is 11.3. The van der Waals surface area contributed by atoms with Crippen LogP contribution in [0.5, 0.6) is 0 Å². The average molecular weight is 338 g/mol. The van der Waals surface area contributed by atoms with Gasteiger partial charge in [-0.25, -0.2) is 9.18 Å². The molecular weight excluding hydrogens is 311 g/mol. The first kappa shape index (κ1) is 18.7. The second kappa shape index (κ2) is 7.94. The Morgan fingerprint density at radius 1 is 1.42 bits per heavy atom. The van der Waals surface area contributed by atoms with E-state index in [1.54, 1.807) is 37.8 Å². The molecule has 1 saturated heterocycles. The van der Waals surface area contributed by atoms with Crippen LogP contribution in [0.1, 0.15) is 43.0 Å². The smallest absolute Gasteiger partial charge is 0.318 e. The van der Waals surface area contributed by atoms with Crippen LogP contribution in [0, 0.1) is 19.7 Å². The fraction of sp³-hybridized carbons (Fsp3) is 0.611. The Balaban J connectivity index is 2.07. The third kappa shape index (κ3) is 4.45. The highest BCUT2D eigenvalue weighted by molar-refractivity contribution is 5.75. The standard InChI is InChI=1S/C18H27FN2O3/c1-11-7-15(8-12(2)17(11)19)14(4)20-18(23)21-5-6-24-10-16(21)9-13(3)22/h7-8,13-14,16,22H,5-6,9-10H2,1-4H3,(H,20,23)/t13-,14+,16-/m1/s1. The molecule has 0 spiro atoms. The fourth-order valence-corrected chi connectivity index (χ4v) is 3.09. The fourth-order valence-electron chi connectivity index (χ4n) is 3.09. The van der Waals surface area contributed by atoms with Crippen LogP contribution in [-0.2, 0) is 4.74 Å². The van der Waals surface area contributed by atoms with Crippen LogP contribution < -0.4 is 5.32 Å². The number of amides is 2. The lowest BCUT2D eigenvalue weighted by atomic mass is 10.0. The first-order valence-corrected chi connectivity index (χ1v) is 8.39. The zero-order valence-electron chi connectivity index (χ0n) is 14.8. The Labute approximate surface area is 142 Å². The van der Waals surface area contributed by atoms with E-state index in [4.69, 9.17) is 4.74 Å². The molecule has 2 rings (SSSR count). The van der Waals surface area contributed by atoms with Gasteiger partial charge in [-0.3, -0.25) is 0 Å². The van der Waals surface area contributed by atoms with Crippen molar-refractivity contribution in [3.8, 4) is 0 Å². The number of halogens is 1. The highest BCUT2D eigenvalue weighted by Gasteiger charge is 2.29. The minimum atomic E-state index is -0.494. The number of hydrogen-bond acceptors (Lipinski definition) is 3. The molecular formula is C18H27FN2O3. The topological polar surface area (TPSA) is 61.8 Å². The van der Waals surface area contributed by atoms with Crippen molar-refractivity contribution in [2.45, 2.75) is 52.3 Å². The van der Waals surface area contributed by atoms with Crippen LogP contribution in [-0.4, -0.2) is 47.9 Å². The predicted octanol–water partition coefficient (Wildman–Crippen LogP) is 2.68. The normalized spacial score (nSPS) is 20.6. The maximum Gasteiger partial charge on any atom is 0.318 e. The summed E-state index contributed by atoms with van der Waals surface area (Å²) in [5, 5.41) is 12.6. The van der Waals surface area contributed by atoms with Gasteiger partial charge in [0.15, 0.2) is 0 Å². The average Bonchev–Trinajstić information content (AvgIpc) is 2.51. The number of urea groups is 1. The minimum absolute atomic E-state index is 0.136. The van der Waals surface area contributed by atoms with Crippen LogP contribution in [0.25, 0.3) is 0 Å². The number of nitrogens with zero attached hydrogens (tertiary/aromatic N) is 1. The molecule has 1 aromatic carbocycles. The molecule has 2 N–H and O–H groups in total. The minimum Gasteiger partial charge on any atom is -0.393 e. The summed E-state index contributed by atoms with van der Waals surface area (Å²) in [6, 6.07) is 2.98. The number of benzene rings is 1. The van der Waals surface area contributed by atoms with E-state index < -0.39 is 6.10 Å². The molecule has 0 unspecified atom stereocenters. The van der Waals surface area contributed by atoms with Gasteiger partial charge in [0.1, 0.15) is 5.82 Å². The number of aryl methyl sites for hydroxylation is 2. The van der Waals surface area contributed by atoms with Crippen LogP contribution >= 0.6 is 0 Å². The number of nitrogens with one attached hydrogen (secondary N) is 1. The summed E-state index contributed by atoms with van der Waals surface area (Å²) >= 11 is 0. The third-order valence-electron chi connectivity index (χ3n) is 4.40. The molecule has 6 heteroatoms. The summed E-state index contributed by atoms with van der Waals surface area (Å²) in [7, 11) is 0. The van der Waals surface area contributed by atoms with Crippen molar-refractivity contribution in [1.82, 2.24) is 10.2 Å². The molecule has 1 aliphatic heterocycles. The van der Waals surface area contributed by atoms with Gasteiger partial charge in [0.05, 0.1) is 31.4 Å². The maximum absolute atomic E-state index is 13.8. The Hall–Kier alpha value is -1.66. The van der Waals surface area contributed by atoms with Crippen molar-refractivity contribution in [2.24, 2.45) is 0 Å². The molecule has 1 aromatic rings. The van der Waals surface area contributed by atoms with E-state index in [0.29, 0.717) is 37.3 Å². The Bertz CT molecular complexity index is 569. The first-order valence-electron chi connectivity index (χ1n) is 8.39. The summed E-state index contributed by atoms with van der Waals surface area (Å²) in [4.78, 5) is 14.3. The Kier molecular flexibility index (Phi) is 6.18. The van der Waals surface area contributed by atoms with Gasteiger partial charge < -0.3 is 20.1 Å². The second-order valence-electron chi connectivity index (χ2n) is 6.65.